The van der Waals surface area contributed by atoms with Crippen LogP contribution in [-0.4, -0.2) is 30.4 Å². The van der Waals surface area contributed by atoms with Gasteiger partial charge in [0.25, 0.3) is 0 Å². The summed E-state index contributed by atoms with van der Waals surface area (Å²) in [7, 11) is 0. The molecular formula is C25H46O5. The van der Waals surface area contributed by atoms with Crippen LogP contribution in [0, 0.1) is 11.3 Å². The maximum Gasteiger partial charge on any atom is 0.305 e. The molecule has 0 heterocycles. The van der Waals surface area contributed by atoms with E-state index in [2.05, 4.69) is 20.8 Å². The first-order valence-corrected chi connectivity index (χ1v) is 12.0. The van der Waals surface area contributed by atoms with Crippen LogP contribution in [-0.2, 0) is 23.9 Å². The maximum atomic E-state index is 12.1. The molecule has 0 aromatic carbocycles. The summed E-state index contributed by atoms with van der Waals surface area (Å²) in [5, 5.41) is 0. The Labute approximate surface area is 184 Å². The van der Waals surface area contributed by atoms with E-state index in [9.17, 15) is 14.4 Å². The molecular weight excluding hydrogens is 380 g/mol. The summed E-state index contributed by atoms with van der Waals surface area (Å²) >= 11 is 0. The van der Waals surface area contributed by atoms with Crippen LogP contribution in [0.2, 0.25) is 0 Å². The summed E-state index contributed by atoms with van der Waals surface area (Å²) in [6.45, 7) is 11.9. The van der Waals surface area contributed by atoms with E-state index in [0.717, 1.165) is 70.6 Å². The number of esters is 2. The fourth-order valence-corrected chi connectivity index (χ4v) is 3.95. The van der Waals surface area contributed by atoms with E-state index >= 15 is 0 Å². The molecule has 0 rings (SSSR count). The maximum absolute atomic E-state index is 12.1. The molecule has 0 aromatic rings. The summed E-state index contributed by atoms with van der Waals surface area (Å²) < 4.78 is 10.6. The number of ketones is 1. The first-order valence-electron chi connectivity index (χ1n) is 12.0. The number of rotatable bonds is 18. The highest BCUT2D eigenvalue weighted by molar-refractivity contribution is 5.78. The van der Waals surface area contributed by atoms with Crippen LogP contribution in [0.1, 0.15) is 119 Å². The van der Waals surface area contributed by atoms with Crippen molar-refractivity contribution in [3.8, 4) is 0 Å². The van der Waals surface area contributed by atoms with Crippen molar-refractivity contribution >= 4 is 17.7 Å². The highest BCUT2D eigenvalue weighted by Crippen LogP contribution is 2.33. The highest BCUT2D eigenvalue weighted by Gasteiger charge is 2.31. The molecule has 0 saturated carbocycles. The Morgan fingerprint density at radius 3 is 2.03 bits per heavy atom. The van der Waals surface area contributed by atoms with Crippen molar-refractivity contribution in [1.29, 1.82) is 0 Å². The standard InChI is InChI=1S/C25H46O5/c1-7-9-19-25(5,6)23(30-21(4)27)17-14-16-22(20(3)26)15-12-10-11-13-18-24(28)29-8-2/h22-23H,7-19H2,1-6H3. The second-order valence-corrected chi connectivity index (χ2v) is 9.19. The molecule has 0 bridgehead atoms. The Bertz CT molecular complexity index is 498. The number of unbranched alkanes of at least 4 members (excludes halogenated alkanes) is 4. The number of Topliss-reactive ketones (excluding diaryl/α,β-unsaturated/α-hetero) is 1. The largest absolute Gasteiger partial charge is 0.466 e. The van der Waals surface area contributed by atoms with Crippen molar-refractivity contribution in [3.05, 3.63) is 0 Å². The van der Waals surface area contributed by atoms with Crippen molar-refractivity contribution < 1.29 is 23.9 Å². The lowest BCUT2D eigenvalue weighted by Crippen LogP contribution is -2.33. The van der Waals surface area contributed by atoms with Gasteiger partial charge in [-0.3, -0.25) is 14.4 Å². The van der Waals surface area contributed by atoms with Crippen LogP contribution in [0.4, 0.5) is 0 Å². The molecule has 2 unspecified atom stereocenters. The van der Waals surface area contributed by atoms with Crippen molar-refractivity contribution in [3.63, 3.8) is 0 Å². The summed E-state index contributed by atoms with van der Waals surface area (Å²) in [6.07, 6.45) is 11.0. The fourth-order valence-electron chi connectivity index (χ4n) is 3.95. The van der Waals surface area contributed by atoms with Crippen molar-refractivity contribution in [1.82, 2.24) is 0 Å². The van der Waals surface area contributed by atoms with Crippen LogP contribution in [0.25, 0.3) is 0 Å². The predicted molar refractivity (Wildman–Crippen MR) is 121 cm³/mol. The zero-order chi connectivity index (χ0) is 23.0. The highest BCUT2D eigenvalue weighted by atomic mass is 16.5. The summed E-state index contributed by atoms with van der Waals surface area (Å²) in [5.74, 6) is -0.0265. The second kappa shape index (κ2) is 16.3. The van der Waals surface area contributed by atoms with E-state index in [0.29, 0.717) is 13.0 Å². The monoisotopic (exact) mass is 426 g/mol. The number of ether oxygens (including phenoxy) is 2. The first kappa shape index (κ1) is 28.6. The molecule has 176 valence electrons. The minimum Gasteiger partial charge on any atom is -0.466 e. The molecule has 30 heavy (non-hydrogen) atoms. The smallest absolute Gasteiger partial charge is 0.305 e. The molecule has 5 heteroatoms. The van der Waals surface area contributed by atoms with E-state index < -0.39 is 0 Å². The van der Waals surface area contributed by atoms with E-state index in [4.69, 9.17) is 9.47 Å². The molecule has 0 aliphatic rings. The minimum atomic E-state index is -0.226. The average molecular weight is 427 g/mol. The molecule has 0 aliphatic heterocycles. The van der Waals surface area contributed by atoms with Gasteiger partial charge in [-0.05, 0) is 52.4 Å². The van der Waals surface area contributed by atoms with Crippen LogP contribution in [0.3, 0.4) is 0 Å². The molecule has 5 nitrogen and oxygen atoms in total. The van der Waals surface area contributed by atoms with Gasteiger partial charge in [0.2, 0.25) is 0 Å². The molecule has 0 amide bonds. The van der Waals surface area contributed by atoms with Gasteiger partial charge in [0.15, 0.2) is 0 Å². The first-order chi connectivity index (χ1) is 14.1. The number of carbonyl (C=O) groups is 3. The van der Waals surface area contributed by atoms with Gasteiger partial charge in [0.1, 0.15) is 11.9 Å². The van der Waals surface area contributed by atoms with Gasteiger partial charge in [-0.2, -0.15) is 0 Å². The molecule has 2 atom stereocenters. The fraction of sp³-hybridized carbons (Fsp3) is 0.880. The Morgan fingerprint density at radius 2 is 1.47 bits per heavy atom. The summed E-state index contributed by atoms with van der Waals surface area (Å²) in [5.41, 5.74) is -0.0493. The van der Waals surface area contributed by atoms with Gasteiger partial charge >= 0.3 is 11.9 Å². The Balaban J connectivity index is 4.37. The van der Waals surface area contributed by atoms with Crippen LogP contribution in [0.15, 0.2) is 0 Å². The van der Waals surface area contributed by atoms with Crippen LogP contribution in [0.5, 0.6) is 0 Å². The number of hydrogen-bond donors (Lipinski definition) is 0. The zero-order valence-corrected chi connectivity index (χ0v) is 20.4. The normalized spacial score (nSPS) is 13.5. The third-order valence-electron chi connectivity index (χ3n) is 5.94. The molecule has 0 N–H and O–H groups in total. The third kappa shape index (κ3) is 13.8. The van der Waals surface area contributed by atoms with Gasteiger partial charge in [0, 0.05) is 24.7 Å². The van der Waals surface area contributed by atoms with Crippen molar-refractivity contribution in [2.45, 2.75) is 125 Å². The zero-order valence-electron chi connectivity index (χ0n) is 20.4. The van der Waals surface area contributed by atoms with Gasteiger partial charge in [-0.25, -0.2) is 0 Å². The third-order valence-corrected chi connectivity index (χ3v) is 5.94. The number of carbonyl (C=O) groups excluding carboxylic acids is 3. The lowest BCUT2D eigenvalue weighted by molar-refractivity contribution is -0.153. The summed E-state index contributed by atoms with van der Waals surface area (Å²) in [4.78, 5) is 35.0. The SMILES string of the molecule is CCCCC(C)(C)C(CCCC(CCCCCCC(=O)OCC)C(C)=O)OC(C)=O. The van der Waals surface area contributed by atoms with Gasteiger partial charge in [-0.1, -0.05) is 52.9 Å². The van der Waals surface area contributed by atoms with Gasteiger partial charge in [0.05, 0.1) is 6.61 Å². The Hall–Kier alpha value is -1.39. The van der Waals surface area contributed by atoms with Crippen LogP contribution < -0.4 is 0 Å². The average Bonchev–Trinajstić information content (AvgIpc) is 2.66. The minimum absolute atomic E-state index is 0.0493. The molecule has 0 aromatic heterocycles. The quantitative estimate of drug-likeness (QED) is 0.187. The molecule has 0 radical (unpaired) electrons. The van der Waals surface area contributed by atoms with E-state index in [1.807, 2.05) is 6.92 Å². The Morgan fingerprint density at radius 1 is 0.833 bits per heavy atom. The van der Waals surface area contributed by atoms with E-state index in [-0.39, 0.29) is 35.2 Å². The lowest BCUT2D eigenvalue weighted by atomic mass is 9.78. The second-order valence-electron chi connectivity index (χ2n) is 9.19. The van der Waals surface area contributed by atoms with E-state index in [1.54, 1.807) is 6.92 Å². The molecule has 0 fully saturated rings. The molecule has 0 spiro atoms. The predicted octanol–water partition coefficient (Wildman–Crippen LogP) is 6.41. The topological polar surface area (TPSA) is 69.7 Å². The van der Waals surface area contributed by atoms with Crippen molar-refractivity contribution in [2.24, 2.45) is 11.3 Å². The molecule has 0 aliphatic carbocycles. The van der Waals surface area contributed by atoms with Gasteiger partial charge in [-0.15, -0.1) is 0 Å². The molecule has 0 saturated heterocycles. The van der Waals surface area contributed by atoms with Gasteiger partial charge < -0.3 is 9.47 Å². The van der Waals surface area contributed by atoms with Crippen LogP contribution >= 0.6 is 0 Å². The lowest BCUT2D eigenvalue weighted by Gasteiger charge is -2.34. The summed E-state index contributed by atoms with van der Waals surface area (Å²) in [6, 6.07) is 0. The number of hydrogen-bond acceptors (Lipinski definition) is 5. The van der Waals surface area contributed by atoms with E-state index in [1.165, 1.54) is 6.92 Å². The Kier molecular flexibility index (Phi) is 15.6. The van der Waals surface area contributed by atoms with Crippen molar-refractivity contribution in [2.75, 3.05) is 6.61 Å².